The third kappa shape index (κ3) is 3.73. The smallest absolute Gasteiger partial charge is 0.337 e. The van der Waals surface area contributed by atoms with Crippen molar-refractivity contribution in [1.29, 1.82) is 0 Å². The Morgan fingerprint density at radius 2 is 2.15 bits per heavy atom. The molecule has 110 valence electrons. The van der Waals surface area contributed by atoms with Gasteiger partial charge in [0.2, 0.25) is 0 Å². The quantitative estimate of drug-likeness (QED) is 0.839. The van der Waals surface area contributed by atoms with Gasteiger partial charge >= 0.3 is 5.97 Å². The largest absolute Gasteiger partial charge is 0.465 e. The highest BCUT2D eigenvalue weighted by Gasteiger charge is 2.19. The van der Waals surface area contributed by atoms with Crippen molar-refractivity contribution >= 4 is 11.7 Å². The maximum Gasteiger partial charge on any atom is 0.337 e. The average molecular weight is 276 g/mol. The summed E-state index contributed by atoms with van der Waals surface area (Å²) in [5, 5.41) is 3.58. The molecule has 0 amide bonds. The summed E-state index contributed by atoms with van der Waals surface area (Å²) >= 11 is 0. The summed E-state index contributed by atoms with van der Waals surface area (Å²) in [5.74, 6) is -0.280. The van der Waals surface area contributed by atoms with Crippen molar-refractivity contribution in [3.05, 3.63) is 29.8 Å². The maximum absolute atomic E-state index is 11.4. The number of piperazine rings is 1. The zero-order valence-corrected chi connectivity index (χ0v) is 12.4. The van der Waals surface area contributed by atoms with Gasteiger partial charge in [-0.15, -0.1) is 0 Å². The van der Waals surface area contributed by atoms with Crippen LogP contribution < -0.4 is 10.2 Å². The molecular weight excluding hydrogens is 252 g/mol. The van der Waals surface area contributed by atoms with Gasteiger partial charge in [-0.3, -0.25) is 0 Å². The number of hydrogen-bond donors (Lipinski definition) is 1. The fourth-order valence-electron chi connectivity index (χ4n) is 2.63. The number of carbonyl (C=O) groups is 1. The molecule has 0 unspecified atom stereocenters. The molecule has 2 rings (SSSR count). The number of rotatable bonds is 5. The fraction of sp³-hybridized carbons (Fsp3) is 0.562. The van der Waals surface area contributed by atoms with E-state index in [0.29, 0.717) is 11.6 Å². The Kier molecular flexibility index (Phi) is 5.41. The molecule has 4 nitrogen and oxygen atoms in total. The van der Waals surface area contributed by atoms with Crippen LogP contribution in [0.2, 0.25) is 0 Å². The third-order valence-electron chi connectivity index (χ3n) is 3.82. The molecule has 0 aliphatic carbocycles. The Morgan fingerprint density at radius 3 is 2.80 bits per heavy atom. The lowest BCUT2D eigenvalue weighted by molar-refractivity contribution is 0.0601. The molecule has 1 saturated heterocycles. The van der Waals surface area contributed by atoms with Crippen molar-refractivity contribution in [3.8, 4) is 0 Å². The topological polar surface area (TPSA) is 41.6 Å². The number of unbranched alkanes of at least 4 members (excludes halogenated alkanes) is 1. The number of ether oxygens (including phenoxy) is 1. The van der Waals surface area contributed by atoms with Gasteiger partial charge in [0.15, 0.2) is 0 Å². The number of nitrogens with one attached hydrogen (secondary N) is 1. The minimum atomic E-state index is -0.280. The molecule has 1 N–H and O–H groups in total. The Bertz CT molecular complexity index is 431. The highest BCUT2D eigenvalue weighted by Crippen LogP contribution is 2.18. The van der Waals surface area contributed by atoms with Crippen molar-refractivity contribution < 1.29 is 9.53 Å². The molecule has 0 radical (unpaired) electrons. The predicted octanol–water partition coefficient (Wildman–Crippen LogP) is 2.44. The second kappa shape index (κ2) is 7.29. The molecule has 1 fully saturated rings. The monoisotopic (exact) mass is 276 g/mol. The van der Waals surface area contributed by atoms with Crippen molar-refractivity contribution in [2.24, 2.45) is 0 Å². The number of hydrogen-bond acceptors (Lipinski definition) is 4. The SMILES string of the molecule is CCCC[C@@H]1CN(c2ccc(C(=O)OC)cc2)CCN1. The summed E-state index contributed by atoms with van der Waals surface area (Å²) in [6.07, 6.45) is 3.74. The average Bonchev–Trinajstić information content (AvgIpc) is 2.52. The van der Waals surface area contributed by atoms with E-state index in [1.807, 2.05) is 24.3 Å². The van der Waals surface area contributed by atoms with E-state index in [9.17, 15) is 4.79 Å². The highest BCUT2D eigenvalue weighted by atomic mass is 16.5. The van der Waals surface area contributed by atoms with Crippen LogP contribution in [0.5, 0.6) is 0 Å². The Hall–Kier alpha value is -1.55. The lowest BCUT2D eigenvalue weighted by Gasteiger charge is -2.35. The predicted molar refractivity (Wildman–Crippen MR) is 81.3 cm³/mol. The van der Waals surface area contributed by atoms with Crippen LogP contribution in [0.1, 0.15) is 36.5 Å². The van der Waals surface area contributed by atoms with Crippen molar-refractivity contribution in [3.63, 3.8) is 0 Å². The van der Waals surface area contributed by atoms with Gasteiger partial charge in [0.1, 0.15) is 0 Å². The number of esters is 1. The lowest BCUT2D eigenvalue weighted by atomic mass is 10.1. The summed E-state index contributed by atoms with van der Waals surface area (Å²) in [5.41, 5.74) is 1.79. The second-order valence-electron chi connectivity index (χ2n) is 5.28. The molecule has 4 heteroatoms. The molecule has 0 aromatic heterocycles. The van der Waals surface area contributed by atoms with E-state index in [1.165, 1.54) is 32.1 Å². The van der Waals surface area contributed by atoms with Gasteiger partial charge in [-0.25, -0.2) is 4.79 Å². The van der Waals surface area contributed by atoms with Crippen molar-refractivity contribution in [2.75, 3.05) is 31.6 Å². The third-order valence-corrected chi connectivity index (χ3v) is 3.82. The number of carbonyl (C=O) groups excluding carboxylic acids is 1. The van der Waals surface area contributed by atoms with Gasteiger partial charge < -0.3 is 15.0 Å². The Morgan fingerprint density at radius 1 is 1.40 bits per heavy atom. The van der Waals surface area contributed by atoms with Crippen LogP contribution >= 0.6 is 0 Å². The molecule has 0 spiro atoms. The van der Waals surface area contributed by atoms with Crippen LogP contribution in [0.4, 0.5) is 5.69 Å². The van der Waals surface area contributed by atoms with E-state index >= 15 is 0 Å². The first-order valence-corrected chi connectivity index (χ1v) is 7.41. The van der Waals surface area contributed by atoms with E-state index in [4.69, 9.17) is 4.74 Å². The molecule has 20 heavy (non-hydrogen) atoms. The van der Waals surface area contributed by atoms with E-state index in [-0.39, 0.29) is 5.97 Å². The molecule has 1 heterocycles. The maximum atomic E-state index is 11.4. The Labute approximate surface area is 121 Å². The Balaban J connectivity index is 1.98. The molecular formula is C16H24N2O2. The summed E-state index contributed by atoms with van der Waals surface area (Å²) in [4.78, 5) is 13.8. The molecule has 0 saturated carbocycles. The van der Waals surface area contributed by atoms with Crippen molar-refractivity contribution in [2.45, 2.75) is 32.2 Å². The van der Waals surface area contributed by atoms with Crippen LogP contribution in [-0.2, 0) is 4.74 Å². The summed E-state index contributed by atoms with van der Waals surface area (Å²) < 4.78 is 4.72. The van der Waals surface area contributed by atoms with E-state index in [0.717, 1.165) is 19.6 Å². The molecule has 1 aromatic rings. The number of nitrogens with zero attached hydrogens (tertiary/aromatic N) is 1. The standard InChI is InChI=1S/C16H24N2O2/c1-3-4-5-14-12-18(11-10-17-14)15-8-6-13(7-9-15)16(19)20-2/h6-9,14,17H,3-5,10-12H2,1-2H3/t14-/m1/s1. The van der Waals surface area contributed by atoms with Crippen LogP contribution in [-0.4, -0.2) is 38.8 Å². The highest BCUT2D eigenvalue weighted by molar-refractivity contribution is 5.89. The zero-order valence-electron chi connectivity index (χ0n) is 12.4. The lowest BCUT2D eigenvalue weighted by Crippen LogP contribution is -2.50. The molecule has 1 aliphatic rings. The molecule has 1 aliphatic heterocycles. The van der Waals surface area contributed by atoms with Crippen LogP contribution in [0.15, 0.2) is 24.3 Å². The van der Waals surface area contributed by atoms with Crippen molar-refractivity contribution in [1.82, 2.24) is 5.32 Å². The summed E-state index contributed by atoms with van der Waals surface area (Å²) in [7, 11) is 1.41. The van der Waals surface area contributed by atoms with Crippen LogP contribution in [0.25, 0.3) is 0 Å². The van der Waals surface area contributed by atoms with Crippen LogP contribution in [0, 0.1) is 0 Å². The van der Waals surface area contributed by atoms with E-state index in [1.54, 1.807) is 0 Å². The van der Waals surface area contributed by atoms with Gasteiger partial charge in [0.05, 0.1) is 12.7 Å². The normalized spacial score (nSPS) is 18.9. The second-order valence-corrected chi connectivity index (χ2v) is 5.28. The summed E-state index contributed by atoms with van der Waals surface area (Å²) in [6, 6.07) is 8.27. The van der Waals surface area contributed by atoms with E-state index < -0.39 is 0 Å². The first kappa shape index (κ1) is 14.9. The number of methoxy groups -OCH3 is 1. The van der Waals surface area contributed by atoms with E-state index in [2.05, 4.69) is 17.1 Å². The summed E-state index contributed by atoms with van der Waals surface area (Å²) in [6.45, 7) is 5.30. The number of benzene rings is 1. The minimum Gasteiger partial charge on any atom is -0.465 e. The first-order valence-electron chi connectivity index (χ1n) is 7.41. The fourth-order valence-corrected chi connectivity index (χ4v) is 2.63. The molecule has 0 bridgehead atoms. The minimum absolute atomic E-state index is 0.280. The van der Waals surface area contributed by atoms with Gasteiger partial charge in [-0.2, -0.15) is 0 Å². The van der Waals surface area contributed by atoms with Gasteiger partial charge in [0.25, 0.3) is 0 Å². The first-order chi connectivity index (χ1) is 9.74. The van der Waals surface area contributed by atoms with Gasteiger partial charge in [0, 0.05) is 31.4 Å². The molecule has 1 aromatic carbocycles. The molecule has 1 atom stereocenters. The van der Waals surface area contributed by atoms with Crippen LogP contribution in [0.3, 0.4) is 0 Å². The zero-order chi connectivity index (χ0) is 14.4. The van der Waals surface area contributed by atoms with Gasteiger partial charge in [-0.1, -0.05) is 19.8 Å². The number of anilines is 1. The van der Waals surface area contributed by atoms with Gasteiger partial charge in [-0.05, 0) is 30.7 Å².